The Bertz CT molecular complexity index is 981. The van der Waals surface area contributed by atoms with Gasteiger partial charge in [-0.3, -0.25) is 9.69 Å². The third-order valence-corrected chi connectivity index (χ3v) is 5.27. The molecule has 0 unspecified atom stereocenters. The fourth-order valence-electron chi connectivity index (χ4n) is 2.54. The van der Waals surface area contributed by atoms with Crippen LogP contribution in [0.2, 0.25) is 0 Å². The van der Waals surface area contributed by atoms with Crippen LogP contribution in [0.4, 0.5) is 5.69 Å². The summed E-state index contributed by atoms with van der Waals surface area (Å²) < 4.78 is 9.74. The smallest absolute Gasteiger partial charge is 0.337 e. The van der Waals surface area contributed by atoms with Crippen LogP contribution in [0.1, 0.15) is 26.3 Å². The quantitative estimate of drug-likeness (QED) is 0.430. The molecule has 0 spiro atoms. The summed E-state index contributed by atoms with van der Waals surface area (Å²) in [7, 11) is 2.63. The Morgan fingerprint density at radius 2 is 1.43 bits per heavy atom. The molecule has 8 heteroatoms. The van der Waals surface area contributed by atoms with Crippen LogP contribution < -0.4 is 4.90 Å². The molecule has 1 saturated heterocycles. The van der Waals surface area contributed by atoms with E-state index in [1.807, 2.05) is 0 Å². The summed E-state index contributed by atoms with van der Waals surface area (Å²) in [4.78, 5) is 37.7. The van der Waals surface area contributed by atoms with Crippen molar-refractivity contribution < 1.29 is 23.9 Å². The van der Waals surface area contributed by atoms with Crippen molar-refractivity contribution in [1.82, 2.24) is 0 Å². The van der Waals surface area contributed by atoms with Crippen molar-refractivity contribution in [2.45, 2.75) is 0 Å². The molecule has 2 aromatic rings. The lowest BCUT2D eigenvalue weighted by Crippen LogP contribution is -2.27. The van der Waals surface area contributed by atoms with E-state index in [0.29, 0.717) is 26.0 Å². The van der Waals surface area contributed by atoms with Crippen LogP contribution in [0, 0.1) is 0 Å². The third kappa shape index (κ3) is 3.97. The zero-order chi connectivity index (χ0) is 20.3. The predicted molar refractivity (Wildman–Crippen MR) is 111 cm³/mol. The van der Waals surface area contributed by atoms with E-state index < -0.39 is 11.9 Å². The number of nitrogens with zero attached hydrogens (tertiary/aromatic N) is 1. The lowest BCUT2D eigenvalue weighted by atomic mass is 10.1. The van der Waals surface area contributed by atoms with Gasteiger partial charge in [-0.1, -0.05) is 36.1 Å². The second-order valence-corrected chi connectivity index (χ2v) is 7.34. The monoisotopic (exact) mass is 413 g/mol. The number of amides is 1. The molecule has 0 atom stereocenters. The SMILES string of the molecule is COC(=O)c1ccc(/C=C2\SC(=S)N(c3ccc(C(=O)OC)cc3)C2=O)cc1. The molecular formula is C20H15NO5S2. The van der Waals surface area contributed by atoms with Gasteiger partial charge in [-0.05, 0) is 48.0 Å². The van der Waals surface area contributed by atoms with E-state index in [4.69, 9.17) is 12.2 Å². The first kappa shape index (κ1) is 19.8. The molecule has 0 aliphatic carbocycles. The maximum Gasteiger partial charge on any atom is 0.337 e. The van der Waals surface area contributed by atoms with Gasteiger partial charge in [0.2, 0.25) is 0 Å². The maximum atomic E-state index is 12.8. The highest BCUT2D eigenvalue weighted by molar-refractivity contribution is 8.27. The van der Waals surface area contributed by atoms with Gasteiger partial charge in [-0.2, -0.15) is 0 Å². The van der Waals surface area contributed by atoms with Gasteiger partial charge >= 0.3 is 11.9 Å². The molecule has 0 radical (unpaired) electrons. The third-order valence-electron chi connectivity index (χ3n) is 3.97. The molecule has 1 aliphatic rings. The number of hydrogen-bond donors (Lipinski definition) is 0. The molecule has 0 bridgehead atoms. The van der Waals surface area contributed by atoms with Gasteiger partial charge in [0, 0.05) is 0 Å². The fraction of sp³-hybridized carbons (Fsp3) is 0.100. The second kappa shape index (κ2) is 8.37. The van der Waals surface area contributed by atoms with Crippen LogP contribution in [0.5, 0.6) is 0 Å². The highest BCUT2D eigenvalue weighted by Crippen LogP contribution is 2.36. The van der Waals surface area contributed by atoms with Crippen LogP contribution >= 0.6 is 24.0 Å². The number of thioether (sulfide) groups is 1. The zero-order valence-corrected chi connectivity index (χ0v) is 16.6. The summed E-state index contributed by atoms with van der Waals surface area (Å²) in [6.45, 7) is 0. The first-order valence-electron chi connectivity index (χ1n) is 8.09. The van der Waals surface area contributed by atoms with Crippen molar-refractivity contribution in [1.29, 1.82) is 0 Å². The van der Waals surface area contributed by atoms with Gasteiger partial charge in [-0.15, -0.1) is 0 Å². The van der Waals surface area contributed by atoms with Crippen molar-refractivity contribution in [3.05, 3.63) is 70.1 Å². The van der Waals surface area contributed by atoms with Crippen molar-refractivity contribution >= 4 is 57.9 Å². The lowest BCUT2D eigenvalue weighted by Gasteiger charge is -2.14. The number of ether oxygens (including phenoxy) is 2. The van der Waals surface area contributed by atoms with E-state index in [0.717, 1.165) is 5.56 Å². The van der Waals surface area contributed by atoms with Crippen molar-refractivity contribution in [3.63, 3.8) is 0 Å². The standard InChI is InChI=1S/C20H15NO5S2/c1-25-18(23)13-5-3-12(4-6-13)11-16-17(22)21(20(27)28-16)15-9-7-14(8-10-15)19(24)26-2/h3-11H,1-2H3/b16-11-. The minimum atomic E-state index is -0.452. The molecule has 1 fully saturated rings. The van der Waals surface area contributed by atoms with Gasteiger partial charge in [-0.25, -0.2) is 9.59 Å². The Morgan fingerprint density at radius 3 is 1.93 bits per heavy atom. The second-order valence-electron chi connectivity index (χ2n) is 5.67. The maximum absolute atomic E-state index is 12.8. The Labute approximate surface area is 171 Å². The summed E-state index contributed by atoms with van der Waals surface area (Å²) in [5.74, 6) is -1.13. The van der Waals surface area contributed by atoms with E-state index in [-0.39, 0.29) is 5.91 Å². The summed E-state index contributed by atoms with van der Waals surface area (Å²) in [5.41, 5.74) is 2.14. The number of carbonyl (C=O) groups excluding carboxylic acids is 3. The number of carbonyl (C=O) groups is 3. The molecule has 6 nitrogen and oxygen atoms in total. The average Bonchev–Trinajstić information content (AvgIpc) is 3.00. The van der Waals surface area contributed by atoms with Gasteiger partial charge in [0.05, 0.1) is 35.9 Å². The highest BCUT2D eigenvalue weighted by Gasteiger charge is 2.33. The van der Waals surface area contributed by atoms with E-state index in [1.54, 1.807) is 54.6 Å². The van der Waals surface area contributed by atoms with Gasteiger partial charge in [0.25, 0.3) is 5.91 Å². The number of thiocarbonyl (C=S) groups is 1. The first-order chi connectivity index (χ1) is 13.4. The molecule has 0 N–H and O–H groups in total. The first-order valence-corrected chi connectivity index (χ1v) is 9.32. The number of anilines is 1. The molecule has 1 amide bonds. The van der Waals surface area contributed by atoms with Gasteiger partial charge in [0.15, 0.2) is 4.32 Å². The number of rotatable bonds is 4. The predicted octanol–water partition coefficient (Wildman–Crippen LogP) is 3.67. The van der Waals surface area contributed by atoms with Crippen LogP contribution in [-0.2, 0) is 14.3 Å². The normalized spacial score (nSPS) is 15.1. The molecule has 3 rings (SSSR count). The van der Waals surface area contributed by atoms with E-state index in [9.17, 15) is 14.4 Å². The zero-order valence-electron chi connectivity index (χ0n) is 15.0. The summed E-state index contributed by atoms with van der Waals surface area (Å²) in [6, 6.07) is 13.2. The van der Waals surface area contributed by atoms with E-state index in [2.05, 4.69) is 9.47 Å². The number of benzene rings is 2. The molecule has 28 heavy (non-hydrogen) atoms. The Balaban J connectivity index is 1.82. The molecule has 2 aromatic carbocycles. The Kier molecular flexibility index (Phi) is 5.91. The Hall–Kier alpha value is -2.97. The molecule has 1 aliphatic heterocycles. The van der Waals surface area contributed by atoms with Gasteiger partial charge in [0.1, 0.15) is 0 Å². The fourth-order valence-corrected chi connectivity index (χ4v) is 3.84. The van der Waals surface area contributed by atoms with Crippen molar-refractivity contribution in [3.8, 4) is 0 Å². The van der Waals surface area contributed by atoms with Crippen LogP contribution in [-0.4, -0.2) is 36.4 Å². The molecular weight excluding hydrogens is 398 g/mol. The highest BCUT2D eigenvalue weighted by atomic mass is 32.2. The van der Waals surface area contributed by atoms with Crippen molar-refractivity contribution in [2.75, 3.05) is 19.1 Å². The topological polar surface area (TPSA) is 72.9 Å². The summed E-state index contributed by atoms with van der Waals surface area (Å²) in [6.07, 6.45) is 1.71. The van der Waals surface area contributed by atoms with E-state index >= 15 is 0 Å². The summed E-state index contributed by atoms with van der Waals surface area (Å²) in [5, 5.41) is 0. The molecule has 142 valence electrons. The minimum Gasteiger partial charge on any atom is -0.465 e. The molecule has 0 saturated carbocycles. The van der Waals surface area contributed by atoms with Crippen LogP contribution in [0.3, 0.4) is 0 Å². The largest absolute Gasteiger partial charge is 0.465 e. The minimum absolute atomic E-state index is 0.252. The number of hydrogen-bond acceptors (Lipinski definition) is 7. The Morgan fingerprint density at radius 1 is 0.929 bits per heavy atom. The van der Waals surface area contributed by atoms with Gasteiger partial charge < -0.3 is 9.47 Å². The lowest BCUT2D eigenvalue weighted by molar-refractivity contribution is -0.113. The van der Waals surface area contributed by atoms with E-state index in [1.165, 1.54) is 30.9 Å². The average molecular weight is 413 g/mol. The van der Waals surface area contributed by atoms with Crippen molar-refractivity contribution in [2.24, 2.45) is 0 Å². The molecule has 0 aromatic heterocycles. The van der Waals surface area contributed by atoms with Crippen LogP contribution in [0.25, 0.3) is 6.08 Å². The summed E-state index contributed by atoms with van der Waals surface area (Å²) >= 11 is 6.53. The number of esters is 2. The molecule has 1 heterocycles. The number of methoxy groups -OCH3 is 2. The van der Waals surface area contributed by atoms with Crippen LogP contribution in [0.15, 0.2) is 53.4 Å².